The van der Waals surface area contributed by atoms with Crippen molar-refractivity contribution in [1.82, 2.24) is 0 Å². The third-order valence-electron chi connectivity index (χ3n) is 3.02. The van der Waals surface area contributed by atoms with Crippen LogP contribution in [0.2, 0.25) is 0 Å². The molecule has 1 fully saturated rings. The lowest BCUT2D eigenvalue weighted by Gasteiger charge is -2.12. The van der Waals surface area contributed by atoms with Crippen LogP contribution in [0.5, 0.6) is 0 Å². The Bertz CT molecular complexity index is 498. The number of nitrogens with two attached hydrogens (primary N) is 1. The summed E-state index contributed by atoms with van der Waals surface area (Å²) in [6, 6.07) is 4.14. The number of benzene rings is 1. The SMILES string of the molecule is NC(=O)c1ccc(NC[C@H]2CCCO2)c([N+](=O)[O-])c1. The van der Waals surface area contributed by atoms with E-state index in [2.05, 4.69) is 5.32 Å². The van der Waals surface area contributed by atoms with Gasteiger partial charge >= 0.3 is 0 Å². The quantitative estimate of drug-likeness (QED) is 0.616. The number of ether oxygens (including phenoxy) is 1. The minimum absolute atomic E-state index is 0.0791. The smallest absolute Gasteiger partial charge is 0.293 e. The van der Waals surface area contributed by atoms with Crippen LogP contribution in [0.4, 0.5) is 11.4 Å². The van der Waals surface area contributed by atoms with E-state index in [4.69, 9.17) is 10.5 Å². The molecule has 0 bridgehead atoms. The summed E-state index contributed by atoms with van der Waals surface area (Å²) < 4.78 is 5.43. The summed E-state index contributed by atoms with van der Waals surface area (Å²) in [4.78, 5) is 21.5. The second-order valence-corrected chi connectivity index (χ2v) is 4.37. The van der Waals surface area contributed by atoms with Gasteiger partial charge in [-0.25, -0.2) is 0 Å². The summed E-state index contributed by atoms with van der Waals surface area (Å²) in [5.41, 5.74) is 5.43. The monoisotopic (exact) mass is 265 g/mol. The highest BCUT2D eigenvalue weighted by molar-refractivity contribution is 5.94. The van der Waals surface area contributed by atoms with Crippen molar-refractivity contribution < 1.29 is 14.5 Å². The number of nitro groups is 1. The van der Waals surface area contributed by atoms with E-state index >= 15 is 0 Å². The van der Waals surface area contributed by atoms with Gasteiger partial charge in [-0.15, -0.1) is 0 Å². The Morgan fingerprint density at radius 2 is 2.37 bits per heavy atom. The average molecular weight is 265 g/mol. The Hall–Kier alpha value is -2.15. The first-order valence-corrected chi connectivity index (χ1v) is 6.01. The molecule has 3 N–H and O–H groups in total. The Balaban J connectivity index is 2.14. The van der Waals surface area contributed by atoms with Crippen molar-refractivity contribution in [2.75, 3.05) is 18.5 Å². The van der Waals surface area contributed by atoms with Crippen LogP contribution in [0.15, 0.2) is 18.2 Å². The van der Waals surface area contributed by atoms with Crippen molar-refractivity contribution >= 4 is 17.3 Å². The molecule has 0 saturated carbocycles. The van der Waals surface area contributed by atoms with E-state index < -0.39 is 10.8 Å². The molecule has 1 aromatic carbocycles. The lowest BCUT2D eigenvalue weighted by Crippen LogP contribution is -2.19. The number of carbonyl (C=O) groups is 1. The zero-order valence-corrected chi connectivity index (χ0v) is 10.3. The third kappa shape index (κ3) is 3.19. The van der Waals surface area contributed by atoms with E-state index in [0.29, 0.717) is 12.2 Å². The minimum atomic E-state index is -0.686. The fourth-order valence-corrected chi connectivity index (χ4v) is 2.01. The highest BCUT2D eigenvalue weighted by Crippen LogP contribution is 2.26. The second-order valence-electron chi connectivity index (χ2n) is 4.37. The van der Waals surface area contributed by atoms with Gasteiger partial charge in [-0.2, -0.15) is 0 Å². The zero-order valence-electron chi connectivity index (χ0n) is 10.3. The number of nitrogens with zero attached hydrogens (tertiary/aromatic N) is 1. The largest absolute Gasteiger partial charge is 0.377 e. The first-order chi connectivity index (χ1) is 9.08. The Morgan fingerprint density at radius 1 is 1.58 bits per heavy atom. The van der Waals surface area contributed by atoms with Crippen molar-refractivity contribution in [1.29, 1.82) is 0 Å². The molecule has 1 amide bonds. The Labute approximate surface area is 109 Å². The van der Waals surface area contributed by atoms with Crippen molar-refractivity contribution in [2.24, 2.45) is 5.73 Å². The number of nitrogens with one attached hydrogen (secondary N) is 1. The summed E-state index contributed by atoms with van der Waals surface area (Å²) in [6.07, 6.45) is 2.03. The average Bonchev–Trinajstić information content (AvgIpc) is 2.89. The van der Waals surface area contributed by atoms with Crippen LogP contribution in [-0.4, -0.2) is 30.1 Å². The van der Waals surface area contributed by atoms with Crippen LogP contribution < -0.4 is 11.1 Å². The predicted molar refractivity (Wildman–Crippen MR) is 69.1 cm³/mol. The topological polar surface area (TPSA) is 107 Å². The zero-order chi connectivity index (χ0) is 13.8. The number of primary amides is 1. The molecule has 7 nitrogen and oxygen atoms in total. The number of rotatable bonds is 5. The molecular formula is C12H15N3O4. The first-order valence-electron chi connectivity index (χ1n) is 6.01. The van der Waals surface area contributed by atoms with Gasteiger partial charge in [0.2, 0.25) is 5.91 Å². The van der Waals surface area contributed by atoms with Crippen LogP contribution in [-0.2, 0) is 4.74 Å². The summed E-state index contributed by atoms with van der Waals surface area (Å²) in [7, 11) is 0. The van der Waals surface area contributed by atoms with Gasteiger partial charge in [0, 0.05) is 24.8 Å². The summed E-state index contributed by atoms with van der Waals surface area (Å²) >= 11 is 0. The number of nitro benzene ring substituents is 1. The van der Waals surface area contributed by atoms with Crippen LogP contribution >= 0.6 is 0 Å². The number of amides is 1. The van der Waals surface area contributed by atoms with E-state index in [1.165, 1.54) is 18.2 Å². The van der Waals surface area contributed by atoms with Crippen LogP contribution in [0.1, 0.15) is 23.2 Å². The van der Waals surface area contributed by atoms with E-state index in [-0.39, 0.29) is 17.4 Å². The summed E-state index contributed by atoms with van der Waals surface area (Å²) in [5.74, 6) is -0.686. The van der Waals surface area contributed by atoms with Gasteiger partial charge in [-0.05, 0) is 25.0 Å². The van der Waals surface area contributed by atoms with Gasteiger partial charge in [-0.1, -0.05) is 0 Å². The minimum Gasteiger partial charge on any atom is -0.377 e. The van der Waals surface area contributed by atoms with Crippen LogP contribution in [0.3, 0.4) is 0 Å². The number of carbonyl (C=O) groups excluding carboxylic acids is 1. The normalized spacial score (nSPS) is 18.2. The highest BCUT2D eigenvalue weighted by atomic mass is 16.6. The summed E-state index contributed by atoms with van der Waals surface area (Å²) in [5, 5.41) is 14.0. The molecule has 0 aromatic heterocycles. The van der Waals surface area contributed by atoms with Crippen molar-refractivity contribution in [2.45, 2.75) is 18.9 Å². The molecule has 1 atom stereocenters. The van der Waals surface area contributed by atoms with E-state index in [1.54, 1.807) is 0 Å². The molecule has 1 aromatic rings. The van der Waals surface area contributed by atoms with Crippen LogP contribution in [0.25, 0.3) is 0 Å². The van der Waals surface area contributed by atoms with Gasteiger partial charge in [0.1, 0.15) is 5.69 Å². The molecule has 0 unspecified atom stereocenters. The molecule has 7 heteroatoms. The van der Waals surface area contributed by atoms with Crippen molar-refractivity contribution in [3.63, 3.8) is 0 Å². The molecule has 19 heavy (non-hydrogen) atoms. The molecule has 1 aliphatic heterocycles. The number of hydrogen-bond donors (Lipinski definition) is 2. The van der Waals surface area contributed by atoms with Gasteiger partial charge in [0.15, 0.2) is 0 Å². The Kier molecular flexibility index (Phi) is 3.96. The maximum absolute atomic E-state index is 11.0. The van der Waals surface area contributed by atoms with Gasteiger partial charge in [-0.3, -0.25) is 14.9 Å². The summed E-state index contributed by atoms with van der Waals surface area (Å²) in [6.45, 7) is 1.24. The number of hydrogen-bond acceptors (Lipinski definition) is 5. The molecule has 0 radical (unpaired) electrons. The lowest BCUT2D eigenvalue weighted by molar-refractivity contribution is -0.384. The lowest BCUT2D eigenvalue weighted by atomic mass is 10.1. The first kappa shape index (κ1) is 13.3. The fourth-order valence-electron chi connectivity index (χ4n) is 2.01. The van der Waals surface area contributed by atoms with Gasteiger partial charge in [0.25, 0.3) is 5.69 Å². The standard InChI is InChI=1S/C12H15N3O4/c13-12(16)8-3-4-10(11(6-8)15(17)18)14-7-9-2-1-5-19-9/h3-4,6,9,14H,1-2,5,7H2,(H2,13,16)/t9-/m1/s1. The van der Waals surface area contributed by atoms with E-state index in [9.17, 15) is 14.9 Å². The number of anilines is 1. The molecule has 102 valence electrons. The predicted octanol–water partition coefficient (Wildman–Crippen LogP) is 1.28. The molecule has 0 aliphatic carbocycles. The fraction of sp³-hybridized carbons (Fsp3) is 0.417. The third-order valence-corrected chi connectivity index (χ3v) is 3.02. The molecule has 2 rings (SSSR count). The van der Waals surface area contributed by atoms with Gasteiger partial charge in [0.05, 0.1) is 11.0 Å². The highest BCUT2D eigenvalue weighted by Gasteiger charge is 2.19. The van der Waals surface area contributed by atoms with Gasteiger partial charge < -0.3 is 15.8 Å². The molecule has 0 spiro atoms. The van der Waals surface area contributed by atoms with Crippen molar-refractivity contribution in [3.8, 4) is 0 Å². The maximum Gasteiger partial charge on any atom is 0.293 e. The van der Waals surface area contributed by atoms with E-state index in [0.717, 1.165) is 19.4 Å². The van der Waals surface area contributed by atoms with Crippen molar-refractivity contribution in [3.05, 3.63) is 33.9 Å². The Morgan fingerprint density at radius 3 is 2.95 bits per heavy atom. The second kappa shape index (κ2) is 5.66. The van der Waals surface area contributed by atoms with Crippen LogP contribution in [0, 0.1) is 10.1 Å². The molecule has 1 heterocycles. The van der Waals surface area contributed by atoms with E-state index in [1.807, 2.05) is 0 Å². The molecular weight excluding hydrogens is 250 g/mol. The molecule has 1 saturated heterocycles. The molecule has 1 aliphatic rings. The maximum atomic E-state index is 11.0.